The highest BCUT2D eigenvalue weighted by Gasteiger charge is 2.26. The Labute approximate surface area is 127 Å². The van der Waals surface area contributed by atoms with Crippen LogP contribution >= 0.6 is 0 Å². The maximum atomic E-state index is 11.7. The lowest BCUT2D eigenvalue weighted by Gasteiger charge is -2.28. The molecule has 0 aromatic heterocycles. The molecule has 0 aliphatic rings. The smallest absolute Gasteiger partial charge is 0.325 e. The van der Waals surface area contributed by atoms with Crippen molar-refractivity contribution in [2.24, 2.45) is 0 Å². The Morgan fingerprint density at radius 1 is 1.24 bits per heavy atom. The molecule has 1 rings (SSSR count). The summed E-state index contributed by atoms with van der Waals surface area (Å²) in [7, 11) is 0. The molecular weight excluding hydrogens is 266 g/mol. The van der Waals surface area contributed by atoms with Gasteiger partial charge in [0.2, 0.25) is 0 Å². The molecule has 118 valence electrons. The average molecular weight is 293 g/mol. The molecule has 21 heavy (non-hydrogen) atoms. The lowest BCUT2D eigenvalue weighted by Crippen LogP contribution is -2.35. The van der Waals surface area contributed by atoms with Gasteiger partial charge < -0.3 is 9.84 Å². The fraction of sp³-hybridized carbons (Fsp3) is 0.588. The molecule has 1 unspecified atom stereocenters. The third kappa shape index (κ3) is 5.38. The molecule has 0 amide bonds. The van der Waals surface area contributed by atoms with Crippen LogP contribution in [0.1, 0.15) is 52.1 Å². The molecule has 0 spiro atoms. The number of ether oxygens (including phenoxy) is 1. The summed E-state index contributed by atoms with van der Waals surface area (Å²) in [6, 6.07) is 6.83. The van der Waals surface area contributed by atoms with Crippen LogP contribution in [0.3, 0.4) is 0 Å². The molecule has 0 heterocycles. The van der Waals surface area contributed by atoms with E-state index >= 15 is 0 Å². The zero-order chi connectivity index (χ0) is 15.8. The molecule has 0 radical (unpaired) electrons. The van der Waals surface area contributed by atoms with E-state index in [9.17, 15) is 9.90 Å². The van der Waals surface area contributed by atoms with Crippen molar-refractivity contribution in [1.29, 1.82) is 0 Å². The maximum absolute atomic E-state index is 11.7. The molecule has 0 saturated carbocycles. The minimum Gasteiger partial charge on any atom is -0.491 e. The Kier molecular flexibility index (Phi) is 7.23. The molecule has 1 atom stereocenters. The van der Waals surface area contributed by atoms with Gasteiger partial charge in [-0.05, 0) is 57.5 Å². The van der Waals surface area contributed by atoms with Crippen molar-refractivity contribution >= 4 is 5.97 Å². The SMILES string of the molecule is CCCN(CCC)C(C(=O)O)c1cccc(OC(C)C)c1. The van der Waals surface area contributed by atoms with Crippen LogP contribution in [-0.4, -0.2) is 35.2 Å². The van der Waals surface area contributed by atoms with Crippen molar-refractivity contribution in [1.82, 2.24) is 4.90 Å². The molecule has 0 bridgehead atoms. The number of aliphatic carboxylic acids is 1. The molecule has 1 aromatic carbocycles. The van der Waals surface area contributed by atoms with Gasteiger partial charge in [-0.3, -0.25) is 9.69 Å². The van der Waals surface area contributed by atoms with E-state index in [1.165, 1.54) is 0 Å². The van der Waals surface area contributed by atoms with Gasteiger partial charge in [0, 0.05) is 0 Å². The number of carboxylic acid groups (broad SMARTS) is 1. The Hall–Kier alpha value is -1.55. The number of carboxylic acids is 1. The van der Waals surface area contributed by atoms with E-state index in [2.05, 4.69) is 13.8 Å². The molecule has 0 aliphatic carbocycles. The van der Waals surface area contributed by atoms with E-state index in [0.717, 1.165) is 37.2 Å². The van der Waals surface area contributed by atoms with Gasteiger partial charge in [-0.25, -0.2) is 0 Å². The van der Waals surface area contributed by atoms with E-state index in [1.54, 1.807) is 0 Å². The van der Waals surface area contributed by atoms with E-state index in [1.807, 2.05) is 43.0 Å². The summed E-state index contributed by atoms with van der Waals surface area (Å²) in [6.07, 6.45) is 1.95. The van der Waals surface area contributed by atoms with Crippen LogP contribution in [0.2, 0.25) is 0 Å². The third-order valence-electron chi connectivity index (χ3n) is 3.17. The van der Waals surface area contributed by atoms with Crippen molar-refractivity contribution in [3.8, 4) is 5.75 Å². The first-order valence-electron chi connectivity index (χ1n) is 7.73. The Morgan fingerprint density at radius 2 is 1.86 bits per heavy atom. The summed E-state index contributed by atoms with van der Waals surface area (Å²) in [5.74, 6) is -0.0831. The van der Waals surface area contributed by atoms with Gasteiger partial charge in [-0.2, -0.15) is 0 Å². The highest BCUT2D eigenvalue weighted by atomic mass is 16.5. The zero-order valence-corrected chi connectivity index (χ0v) is 13.5. The van der Waals surface area contributed by atoms with Crippen molar-refractivity contribution in [2.75, 3.05) is 13.1 Å². The maximum Gasteiger partial charge on any atom is 0.325 e. The standard InChI is InChI=1S/C17H27NO3/c1-5-10-18(11-6-2)16(17(19)20)14-8-7-9-15(12-14)21-13(3)4/h7-9,12-13,16H,5-6,10-11H2,1-4H3,(H,19,20). The first-order chi connectivity index (χ1) is 9.99. The van der Waals surface area contributed by atoms with Crippen LogP contribution < -0.4 is 4.74 Å². The number of carbonyl (C=O) groups is 1. The summed E-state index contributed by atoms with van der Waals surface area (Å²) in [6.45, 7) is 9.61. The van der Waals surface area contributed by atoms with E-state index in [4.69, 9.17) is 4.74 Å². The fourth-order valence-corrected chi connectivity index (χ4v) is 2.48. The van der Waals surface area contributed by atoms with Gasteiger partial charge in [0.05, 0.1) is 6.10 Å². The number of rotatable bonds is 9. The van der Waals surface area contributed by atoms with Gasteiger partial charge >= 0.3 is 5.97 Å². The molecule has 0 aliphatic heterocycles. The Morgan fingerprint density at radius 3 is 2.33 bits per heavy atom. The van der Waals surface area contributed by atoms with Crippen molar-refractivity contribution in [3.63, 3.8) is 0 Å². The summed E-state index contributed by atoms with van der Waals surface area (Å²) < 4.78 is 5.67. The van der Waals surface area contributed by atoms with Gasteiger partial charge in [-0.15, -0.1) is 0 Å². The van der Waals surface area contributed by atoms with Crippen molar-refractivity contribution in [3.05, 3.63) is 29.8 Å². The first-order valence-corrected chi connectivity index (χ1v) is 7.73. The predicted octanol–water partition coefficient (Wildman–Crippen LogP) is 3.72. The second-order valence-corrected chi connectivity index (χ2v) is 5.52. The molecule has 4 heteroatoms. The lowest BCUT2D eigenvalue weighted by atomic mass is 10.0. The molecule has 1 aromatic rings. The van der Waals surface area contributed by atoms with Gasteiger partial charge in [0.1, 0.15) is 11.8 Å². The van der Waals surface area contributed by atoms with E-state index in [-0.39, 0.29) is 6.10 Å². The molecular formula is C17H27NO3. The molecule has 0 saturated heterocycles. The van der Waals surface area contributed by atoms with Crippen LogP contribution in [-0.2, 0) is 4.79 Å². The molecule has 0 fully saturated rings. The second kappa shape index (κ2) is 8.67. The number of nitrogens with zero attached hydrogens (tertiary/aromatic N) is 1. The van der Waals surface area contributed by atoms with Crippen LogP contribution in [0.25, 0.3) is 0 Å². The summed E-state index contributed by atoms with van der Waals surface area (Å²) in [5, 5.41) is 9.64. The van der Waals surface area contributed by atoms with Gasteiger partial charge in [0.15, 0.2) is 0 Å². The van der Waals surface area contributed by atoms with Crippen molar-refractivity contribution < 1.29 is 14.6 Å². The number of hydrogen-bond donors (Lipinski definition) is 1. The second-order valence-electron chi connectivity index (χ2n) is 5.52. The number of benzene rings is 1. The van der Waals surface area contributed by atoms with Crippen LogP contribution in [0.5, 0.6) is 5.75 Å². The fourth-order valence-electron chi connectivity index (χ4n) is 2.48. The highest BCUT2D eigenvalue weighted by Crippen LogP contribution is 2.25. The first kappa shape index (κ1) is 17.5. The normalized spacial score (nSPS) is 12.7. The van der Waals surface area contributed by atoms with E-state index < -0.39 is 12.0 Å². The monoisotopic (exact) mass is 293 g/mol. The summed E-state index contributed by atoms with van der Waals surface area (Å²) >= 11 is 0. The highest BCUT2D eigenvalue weighted by molar-refractivity contribution is 5.75. The predicted molar refractivity (Wildman–Crippen MR) is 84.7 cm³/mol. The topological polar surface area (TPSA) is 49.8 Å². The summed E-state index contributed by atoms with van der Waals surface area (Å²) in [5.41, 5.74) is 0.780. The van der Waals surface area contributed by atoms with Gasteiger partial charge in [-0.1, -0.05) is 26.0 Å². The van der Waals surface area contributed by atoms with Crippen molar-refractivity contribution in [2.45, 2.75) is 52.7 Å². The van der Waals surface area contributed by atoms with Crippen LogP contribution in [0, 0.1) is 0 Å². The Bertz CT molecular complexity index is 439. The average Bonchev–Trinajstić information content (AvgIpc) is 2.38. The molecule has 1 N–H and O–H groups in total. The zero-order valence-electron chi connectivity index (χ0n) is 13.5. The number of hydrogen-bond acceptors (Lipinski definition) is 3. The van der Waals surface area contributed by atoms with E-state index in [0.29, 0.717) is 0 Å². The lowest BCUT2D eigenvalue weighted by molar-refractivity contribution is -0.143. The Balaban J connectivity index is 3.06. The van der Waals surface area contributed by atoms with Gasteiger partial charge in [0.25, 0.3) is 0 Å². The molecule has 4 nitrogen and oxygen atoms in total. The minimum absolute atomic E-state index is 0.0749. The third-order valence-corrected chi connectivity index (χ3v) is 3.17. The van der Waals surface area contributed by atoms with Crippen LogP contribution in [0.15, 0.2) is 24.3 Å². The minimum atomic E-state index is -0.807. The van der Waals surface area contributed by atoms with Crippen LogP contribution in [0.4, 0.5) is 0 Å². The summed E-state index contributed by atoms with van der Waals surface area (Å²) in [4.78, 5) is 13.8. The quantitative estimate of drug-likeness (QED) is 0.754. The largest absolute Gasteiger partial charge is 0.491 e.